The molecule has 2 aliphatic heterocycles. The molecule has 1 amide bonds. The van der Waals surface area contributed by atoms with E-state index in [4.69, 9.17) is 36.0 Å². The van der Waals surface area contributed by atoms with Crippen LogP contribution in [0, 0.1) is 14.9 Å². The maximum Gasteiger partial charge on any atom is 0.319 e. The van der Waals surface area contributed by atoms with Gasteiger partial charge in [0.1, 0.15) is 12.4 Å². The molecule has 2 saturated heterocycles. The number of fused-ring (bicyclic) bond motifs is 2. The molecule has 0 saturated carbocycles. The Labute approximate surface area is 287 Å². The fraction of sp³-hybridized carbons (Fsp3) is 0.353. The highest BCUT2D eigenvalue weighted by atomic mass is 127. The van der Waals surface area contributed by atoms with E-state index in [1.54, 1.807) is 13.3 Å². The van der Waals surface area contributed by atoms with Crippen molar-refractivity contribution in [2.24, 2.45) is 0 Å². The molecule has 47 heavy (non-hydrogen) atoms. The van der Waals surface area contributed by atoms with E-state index in [1.165, 1.54) is 4.90 Å². The maximum absolute atomic E-state index is 13.9. The average molecular weight is 770 g/mol. The van der Waals surface area contributed by atoms with Gasteiger partial charge in [-0.2, -0.15) is 15.2 Å². The van der Waals surface area contributed by atoms with Crippen LogP contribution in [0.4, 0.5) is 10.2 Å². The van der Waals surface area contributed by atoms with Gasteiger partial charge in [0.25, 0.3) is 5.91 Å². The number of carbonyl (C=O) groups excluding carboxylic acids is 1. The van der Waals surface area contributed by atoms with Crippen molar-refractivity contribution in [3.8, 4) is 23.3 Å². The number of likely N-dealkylation sites (tertiary alicyclic amines) is 1. The summed E-state index contributed by atoms with van der Waals surface area (Å²) in [6.45, 7) is 5.15. The molecule has 2 aliphatic rings. The van der Waals surface area contributed by atoms with Gasteiger partial charge < -0.3 is 19.3 Å². The minimum atomic E-state index is -1.05. The number of nitrogens with zero attached hydrogens (tertiary/aromatic N) is 7. The van der Waals surface area contributed by atoms with Crippen molar-refractivity contribution in [2.45, 2.75) is 31.0 Å². The highest BCUT2D eigenvalue weighted by Crippen LogP contribution is 2.40. The summed E-state index contributed by atoms with van der Waals surface area (Å²) < 4.78 is 31.1. The molecule has 10 nitrogen and oxygen atoms in total. The van der Waals surface area contributed by atoms with Crippen LogP contribution in [0.2, 0.25) is 5.02 Å². The maximum atomic E-state index is 13.9. The summed E-state index contributed by atoms with van der Waals surface area (Å²) in [7, 11) is 3.76. The summed E-state index contributed by atoms with van der Waals surface area (Å²) in [5.41, 5.74) is 2.33. The molecule has 2 aromatic carbocycles. The lowest BCUT2D eigenvalue weighted by Crippen LogP contribution is -2.55. The van der Waals surface area contributed by atoms with Crippen LogP contribution in [0.1, 0.15) is 12.8 Å². The van der Waals surface area contributed by atoms with Gasteiger partial charge in [-0.25, -0.2) is 4.39 Å². The normalized spacial score (nSPS) is 20.1. The number of hydrogen-bond donors (Lipinski definition) is 0. The van der Waals surface area contributed by atoms with Gasteiger partial charge in [0, 0.05) is 61.5 Å². The topological polar surface area (TPSA) is 108 Å². The van der Waals surface area contributed by atoms with Gasteiger partial charge in [-0.3, -0.25) is 14.7 Å². The molecule has 4 aromatic rings. The zero-order valence-electron chi connectivity index (χ0n) is 26.1. The van der Waals surface area contributed by atoms with Crippen LogP contribution in [-0.4, -0.2) is 100 Å². The summed E-state index contributed by atoms with van der Waals surface area (Å²) in [5.74, 6) is -1.28. The fourth-order valence-electron chi connectivity index (χ4n) is 6.45. The SMILES string of the molecule is C=Ic1c(-c2cccc3cccc(Cl)c23)ncc2c(N3CCN(C(=O)C(=C)F)[C@@H](CC#N)C3)nc(OC[C@@H]3C[C@@H](OC)CN3C)nc12. The van der Waals surface area contributed by atoms with E-state index < -0.39 is 38.5 Å². The number of anilines is 1. The molecular formula is C34H34ClFIN7O3. The molecule has 0 radical (unpaired) electrons. The first-order valence-electron chi connectivity index (χ1n) is 15.1. The Balaban J connectivity index is 1.47. The van der Waals surface area contributed by atoms with E-state index >= 15 is 0 Å². The Morgan fingerprint density at radius 3 is 2.68 bits per heavy atom. The lowest BCUT2D eigenvalue weighted by molar-refractivity contribution is -0.131. The molecule has 0 spiro atoms. The molecular weight excluding hydrogens is 736 g/mol. The minimum Gasteiger partial charge on any atom is -0.462 e. The summed E-state index contributed by atoms with van der Waals surface area (Å²) in [6, 6.07) is 13.7. The number of hydrogen-bond acceptors (Lipinski definition) is 9. The average Bonchev–Trinajstić information content (AvgIpc) is 3.45. The lowest BCUT2D eigenvalue weighted by Gasteiger charge is -2.41. The highest BCUT2D eigenvalue weighted by Gasteiger charge is 2.34. The summed E-state index contributed by atoms with van der Waals surface area (Å²) >= 11 is 5.91. The molecule has 2 aromatic heterocycles. The number of pyridine rings is 1. The third-order valence-electron chi connectivity index (χ3n) is 8.88. The van der Waals surface area contributed by atoms with E-state index in [1.807, 2.05) is 48.3 Å². The van der Waals surface area contributed by atoms with Gasteiger partial charge in [-0.1, -0.05) is 73.8 Å². The lowest BCUT2D eigenvalue weighted by atomic mass is 10.0. The second kappa shape index (κ2) is 14.1. The zero-order chi connectivity index (χ0) is 33.2. The Kier molecular flexibility index (Phi) is 9.98. The van der Waals surface area contributed by atoms with Gasteiger partial charge in [-0.05, 0) is 24.9 Å². The number of aromatic nitrogens is 3. The van der Waals surface area contributed by atoms with Crippen LogP contribution in [0.15, 0.2) is 55.0 Å². The Bertz CT molecular complexity index is 1920. The predicted octanol–water partition coefficient (Wildman–Crippen LogP) is 5.58. The van der Waals surface area contributed by atoms with Crippen molar-refractivity contribution in [2.75, 3.05) is 51.8 Å². The molecule has 4 heterocycles. The second-order valence-corrected chi connectivity index (χ2v) is 13.9. The molecule has 2 fully saturated rings. The third-order valence-corrected chi connectivity index (χ3v) is 11.0. The Morgan fingerprint density at radius 2 is 1.98 bits per heavy atom. The van der Waals surface area contributed by atoms with Crippen LogP contribution < -0.4 is 9.64 Å². The zero-order valence-corrected chi connectivity index (χ0v) is 29.0. The molecule has 0 unspecified atom stereocenters. The van der Waals surface area contributed by atoms with Gasteiger partial charge in [0.2, 0.25) is 0 Å². The van der Waals surface area contributed by atoms with Crippen molar-refractivity contribution >= 4 is 70.2 Å². The van der Waals surface area contributed by atoms with Crippen LogP contribution >= 0.6 is 32.3 Å². The molecule has 244 valence electrons. The number of piperazine rings is 1. The number of likely N-dealkylation sites (N-methyl/N-ethyl adjacent to an activating group) is 1. The van der Waals surface area contributed by atoms with Crippen molar-refractivity contribution < 1.29 is 18.7 Å². The Morgan fingerprint density at radius 1 is 1.19 bits per heavy atom. The fourth-order valence-corrected chi connectivity index (χ4v) is 8.30. The summed E-state index contributed by atoms with van der Waals surface area (Å²) in [5, 5.41) is 12.8. The van der Waals surface area contributed by atoms with Gasteiger partial charge in [0.05, 0.1) is 44.8 Å². The van der Waals surface area contributed by atoms with E-state index in [0.29, 0.717) is 34.9 Å². The van der Waals surface area contributed by atoms with Crippen molar-refractivity contribution in [1.82, 2.24) is 24.8 Å². The van der Waals surface area contributed by atoms with E-state index in [-0.39, 0.29) is 37.7 Å². The quantitative estimate of drug-likeness (QED) is 0.159. The third kappa shape index (κ3) is 6.54. The number of carbonyl (C=O) groups is 1. The first kappa shape index (κ1) is 33.1. The minimum absolute atomic E-state index is 0.0242. The molecule has 6 rings (SSSR count). The number of ether oxygens (including phenoxy) is 2. The van der Waals surface area contributed by atoms with E-state index in [9.17, 15) is 14.4 Å². The van der Waals surface area contributed by atoms with Gasteiger partial charge in [-0.15, -0.1) is 0 Å². The number of nitriles is 1. The van der Waals surface area contributed by atoms with E-state index in [2.05, 4.69) is 22.1 Å². The molecule has 0 N–H and O–H groups in total. The number of amides is 1. The van der Waals surface area contributed by atoms with Crippen LogP contribution in [-0.2, 0) is 9.53 Å². The number of methoxy groups -OCH3 is 1. The molecule has 0 aliphatic carbocycles. The smallest absolute Gasteiger partial charge is 0.319 e. The molecule has 3 atom stereocenters. The number of rotatable bonds is 9. The van der Waals surface area contributed by atoms with E-state index in [0.717, 1.165) is 38.6 Å². The van der Waals surface area contributed by atoms with Crippen molar-refractivity contribution in [3.05, 3.63) is 63.6 Å². The van der Waals surface area contributed by atoms with Gasteiger partial charge >= 0.3 is 6.01 Å². The molecule has 13 heteroatoms. The highest BCUT2D eigenvalue weighted by molar-refractivity contribution is 14.2. The monoisotopic (exact) mass is 769 g/mol. The number of halogens is 3. The summed E-state index contributed by atoms with van der Waals surface area (Å²) in [6.07, 6.45) is 2.74. The van der Waals surface area contributed by atoms with Crippen LogP contribution in [0.3, 0.4) is 0 Å². The van der Waals surface area contributed by atoms with Crippen LogP contribution in [0.5, 0.6) is 6.01 Å². The van der Waals surface area contributed by atoms with Crippen molar-refractivity contribution in [3.63, 3.8) is 0 Å². The second-order valence-electron chi connectivity index (χ2n) is 11.7. The first-order chi connectivity index (χ1) is 22.7. The summed E-state index contributed by atoms with van der Waals surface area (Å²) in [4.78, 5) is 33.0. The molecule has 0 bridgehead atoms. The van der Waals surface area contributed by atoms with Crippen molar-refractivity contribution in [1.29, 1.82) is 5.26 Å². The van der Waals surface area contributed by atoms with Gasteiger partial charge in [0.15, 0.2) is 5.83 Å². The largest absolute Gasteiger partial charge is 0.462 e. The standard InChI is InChI=1S/C34H34ClFIN7O3/c1-20(36)33(45)44-14-13-43(17-22(44)11-12-38)32-26-16-39-30(25-9-5-7-21-8-6-10-27(35)28(21)25)29(37-2)31(26)40-34(41-32)47-19-23-15-24(46-4)18-42(23)3/h5-10,16,22-24H,1-2,11,13-15,17-19H2,3-4H3/t22-,23-,24+/m0/s1. The number of benzene rings is 2. The first-order valence-corrected chi connectivity index (χ1v) is 18.1. The Hall–Kier alpha value is -3.77. The predicted molar refractivity (Wildman–Crippen MR) is 191 cm³/mol. The van der Waals surface area contributed by atoms with Crippen LogP contribution in [0.25, 0.3) is 32.9 Å².